The summed E-state index contributed by atoms with van der Waals surface area (Å²) >= 11 is 0. The van der Waals surface area contributed by atoms with Crippen LogP contribution in [-0.2, 0) is 4.74 Å². The van der Waals surface area contributed by atoms with E-state index in [0.29, 0.717) is 35.0 Å². The maximum Gasteiger partial charge on any atom is 0.227 e. The van der Waals surface area contributed by atoms with Crippen molar-refractivity contribution in [3.8, 4) is 0 Å². The Bertz CT molecular complexity index is 895. The van der Waals surface area contributed by atoms with Crippen LogP contribution in [0.3, 0.4) is 0 Å². The van der Waals surface area contributed by atoms with Crippen LogP contribution in [0.2, 0.25) is 0 Å². The minimum atomic E-state index is -1.19. The van der Waals surface area contributed by atoms with Crippen LogP contribution in [-0.4, -0.2) is 71.8 Å². The molecule has 5 rings (SSSR count). The minimum absolute atomic E-state index is 0.352. The van der Waals surface area contributed by atoms with Crippen molar-refractivity contribution in [1.82, 2.24) is 19.5 Å². The first-order valence-corrected chi connectivity index (χ1v) is 11.5. The number of rotatable bonds is 6. The summed E-state index contributed by atoms with van der Waals surface area (Å²) in [6, 6.07) is 0.704. The fourth-order valence-corrected chi connectivity index (χ4v) is 5.07. The van der Waals surface area contributed by atoms with E-state index >= 15 is 0 Å². The predicted octanol–water partition coefficient (Wildman–Crippen LogP) is 1.54. The molecule has 2 aliphatic carbocycles. The van der Waals surface area contributed by atoms with Gasteiger partial charge in [-0.15, -0.1) is 0 Å². The zero-order valence-corrected chi connectivity index (χ0v) is 17.7. The summed E-state index contributed by atoms with van der Waals surface area (Å²) in [6.45, 7) is -0.376. The van der Waals surface area contributed by atoms with E-state index in [4.69, 9.17) is 14.7 Å². The number of fused-ring (bicyclic) bond motifs is 1. The van der Waals surface area contributed by atoms with Gasteiger partial charge in [-0.2, -0.15) is 9.97 Å². The van der Waals surface area contributed by atoms with E-state index in [0.717, 1.165) is 25.7 Å². The Hall–Kier alpha value is -2.01. The molecule has 170 valence electrons. The number of ether oxygens (including phenoxy) is 1. The van der Waals surface area contributed by atoms with Gasteiger partial charge in [0.05, 0.1) is 12.9 Å². The molecular weight excluding hydrogens is 400 g/mol. The summed E-state index contributed by atoms with van der Waals surface area (Å²) in [6.07, 6.45) is 7.95. The molecule has 1 aliphatic heterocycles. The van der Waals surface area contributed by atoms with Crippen LogP contribution < -0.4 is 10.6 Å². The average Bonchev–Trinajstić information content (AvgIpc) is 3.50. The molecule has 0 aromatic carbocycles. The second-order valence-corrected chi connectivity index (χ2v) is 9.05. The van der Waals surface area contributed by atoms with Gasteiger partial charge in [0.2, 0.25) is 5.95 Å². The van der Waals surface area contributed by atoms with Crippen LogP contribution in [0.1, 0.15) is 64.0 Å². The van der Waals surface area contributed by atoms with Crippen molar-refractivity contribution >= 4 is 22.9 Å². The monoisotopic (exact) mass is 432 g/mol. The molecule has 0 radical (unpaired) electrons. The highest BCUT2D eigenvalue weighted by Gasteiger charge is 2.44. The Morgan fingerprint density at radius 2 is 1.61 bits per heavy atom. The molecule has 10 heteroatoms. The lowest BCUT2D eigenvalue weighted by molar-refractivity contribution is -0.0511. The second-order valence-electron chi connectivity index (χ2n) is 9.05. The van der Waals surface area contributed by atoms with Crippen LogP contribution in [0, 0.1) is 0 Å². The van der Waals surface area contributed by atoms with Crippen LogP contribution >= 0.6 is 0 Å². The lowest BCUT2D eigenvalue weighted by Gasteiger charge is -2.24. The third kappa shape index (κ3) is 4.09. The quantitative estimate of drug-likeness (QED) is 0.460. The Kier molecular flexibility index (Phi) is 5.96. The zero-order chi connectivity index (χ0) is 21.4. The number of anilines is 2. The molecule has 3 aliphatic rings. The van der Waals surface area contributed by atoms with Crippen molar-refractivity contribution in [1.29, 1.82) is 0 Å². The van der Waals surface area contributed by atoms with E-state index in [1.807, 2.05) is 0 Å². The molecule has 4 atom stereocenters. The molecule has 0 spiro atoms. The van der Waals surface area contributed by atoms with E-state index in [1.54, 1.807) is 10.9 Å². The molecule has 0 bridgehead atoms. The third-order valence-electron chi connectivity index (χ3n) is 6.85. The summed E-state index contributed by atoms with van der Waals surface area (Å²) < 4.78 is 7.35. The largest absolute Gasteiger partial charge is 0.394 e. The molecule has 0 amide bonds. The molecule has 0 unspecified atom stereocenters. The van der Waals surface area contributed by atoms with Crippen molar-refractivity contribution in [2.75, 3.05) is 17.2 Å². The molecule has 1 saturated heterocycles. The summed E-state index contributed by atoms with van der Waals surface area (Å²) in [5.74, 6) is 1.22. The smallest absolute Gasteiger partial charge is 0.227 e. The van der Waals surface area contributed by atoms with E-state index in [-0.39, 0.29) is 6.61 Å². The standard InChI is InChI=1S/C21H32N6O4/c28-10-14-16(29)17(30)20(31-14)27-11-22-15-18(23-12-6-2-1-3-7-12)25-21(26-19(15)27)24-13-8-4-5-9-13/h11-14,16-17,20,28-30H,1-10H2,(H2,23,24,25,26)/t14-,16-,17-,20-/m1/s1. The highest BCUT2D eigenvalue weighted by Crippen LogP contribution is 2.34. The van der Waals surface area contributed by atoms with Gasteiger partial charge < -0.3 is 30.7 Å². The Balaban J connectivity index is 1.50. The predicted molar refractivity (Wildman–Crippen MR) is 115 cm³/mol. The number of aliphatic hydroxyl groups is 3. The van der Waals surface area contributed by atoms with Gasteiger partial charge in [-0.05, 0) is 25.7 Å². The maximum absolute atomic E-state index is 10.5. The lowest BCUT2D eigenvalue weighted by atomic mass is 9.95. The number of hydrogen-bond donors (Lipinski definition) is 5. The molecule has 2 aromatic heterocycles. The SMILES string of the molecule is OC[C@H]1O[C@@H](n2cnc3c(NC4CCCCC4)nc(NC4CCCC4)nc32)[C@H](O)[C@@H]1O. The highest BCUT2D eigenvalue weighted by molar-refractivity contribution is 5.84. The number of hydrogen-bond acceptors (Lipinski definition) is 9. The Labute approximate surface area is 181 Å². The molecule has 2 aromatic rings. The van der Waals surface area contributed by atoms with Crippen LogP contribution in [0.25, 0.3) is 11.2 Å². The Morgan fingerprint density at radius 1 is 0.935 bits per heavy atom. The summed E-state index contributed by atoms with van der Waals surface area (Å²) in [5.41, 5.74) is 1.14. The zero-order valence-electron chi connectivity index (χ0n) is 17.7. The van der Waals surface area contributed by atoms with Gasteiger partial charge in [-0.25, -0.2) is 4.98 Å². The van der Waals surface area contributed by atoms with Gasteiger partial charge in [0, 0.05) is 12.1 Å². The van der Waals surface area contributed by atoms with E-state index in [2.05, 4.69) is 15.6 Å². The number of imidazole rings is 1. The van der Waals surface area contributed by atoms with E-state index < -0.39 is 24.5 Å². The van der Waals surface area contributed by atoms with Crippen molar-refractivity contribution in [2.24, 2.45) is 0 Å². The minimum Gasteiger partial charge on any atom is -0.394 e. The topological polar surface area (TPSA) is 138 Å². The van der Waals surface area contributed by atoms with Crippen molar-refractivity contribution < 1.29 is 20.1 Å². The number of nitrogens with one attached hydrogen (secondary N) is 2. The van der Waals surface area contributed by atoms with Gasteiger partial charge in [-0.3, -0.25) is 4.57 Å². The summed E-state index contributed by atoms with van der Waals surface area (Å²) in [5, 5.41) is 37.2. The maximum atomic E-state index is 10.5. The van der Waals surface area contributed by atoms with E-state index in [1.165, 1.54) is 32.1 Å². The van der Waals surface area contributed by atoms with Crippen molar-refractivity contribution in [2.45, 2.75) is 94.4 Å². The van der Waals surface area contributed by atoms with Gasteiger partial charge in [0.1, 0.15) is 18.3 Å². The Morgan fingerprint density at radius 3 is 2.29 bits per heavy atom. The fourth-order valence-electron chi connectivity index (χ4n) is 5.07. The number of aromatic nitrogens is 4. The normalized spacial score (nSPS) is 30.3. The van der Waals surface area contributed by atoms with Crippen molar-refractivity contribution in [3.63, 3.8) is 0 Å². The highest BCUT2D eigenvalue weighted by atomic mass is 16.6. The van der Waals surface area contributed by atoms with E-state index in [9.17, 15) is 15.3 Å². The van der Waals surface area contributed by atoms with Crippen LogP contribution in [0.4, 0.5) is 11.8 Å². The molecular formula is C21H32N6O4. The number of aliphatic hydroxyl groups excluding tert-OH is 3. The molecule has 3 fully saturated rings. The summed E-state index contributed by atoms with van der Waals surface area (Å²) in [4.78, 5) is 14.0. The molecule has 3 heterocycles. The number of nitrogens with zero attached hydrogens (tertiary/aromatic N) is 4. The first kappa shape index (κ1) is 20.9. The molecule has 5 N–H and O–H groups in total. The van der Waals surface area contributed by atoms with Gasteiger partial charge in [-0.1, -0.05) is 32.1 Å². The fraction of sp³-hybridized carbons (Fsp3) is 0.762. The second kappa shape index (κ2) is 8.85. The molecule has 10 nitrogen and oxygen atoms in total. The average molecular weight is 433 g/mol. The lowest BCUT2D eigenvalue weighted by Crippen LogP contribution is -2.33. The first-order chi connectivity index (χ1) is 15.1. The van der Waals surface area contributed by atoms with Crippen LogP contribution in [0.5, 0.6) is 0 Å². The molecule has 31 heavy (non-hydrogen) atoms. The van der Waals surface area contributed by atoms with Crippen LogP contribution in [0.15, 0.2) is 6.33 Å². The van der Waals surface area contributed by atoms with Gasteiger partial charge in [0.25, 0.3) is 0 Å². The van der Waals surface area contributed by atoms with Gasteiger partial charge >= 0.3 is 0 Å². The summed E-state index contributed by atoms with van der Waals surface area (Å²) in [7, 11) is 0. The third-order valence-corrected chi connectivity index (χ3v) is 6.85. The van der Waals surface area contributed by atoms with Gasteiger partial charge in [0.15, 0.2) is 23.2 Å². The molecule has 2 saturated carbocycles. The first-order valence-electron chi connectivity index (χ1n) is 11.5. The van der Waals surface area contributed by atoms with Crippen molar-refractivity contribution in [3.05, 3.63) is 6.33 Å².